The van der Waals surface area contributed by atoms with Gasteiger partial charge in [0.05, 0.1) is 6.10 Å². The summed E-state index contributed by atoms with van der Waals surface area (Å²) < 4.78 is 26.2. The van der Waals surface area contributed by atoms with Crippen LogP contribution in [0, 0.1) is 0 Å². The van der Waals surface area contributed by atoms with Crippen molar-refractivity contribution in [3.63, 3.8) is 0 Å². The van der Waals surface area contributed by atoms with Gasteiger partial charge in [-0.25, -0.2) is 0 Å². The summed E-state index contributed by atoms with van der Waals surface area (Å²) in [5.74, 6) is 0. The minimum Gasteiger partial charge on any atom is -0.392 e. The normalized spacial score (nSPS) is 28.6. The fourth-order valence-electron chi connectivity index (χ4n) is 1.79. The van der Waals surface area contributed by atoms with Gasteiger partial charge in [0.15, 0.2) is 0 Å². The zero-order valence-corrected chi connectivity index (χ0v) is 9.87. The molecule has 1 aliphatic rings. The highest BCUT2D eigenvalue weighted by atomic mass is 32.2. The molecule has 1 unspecified atom stereocenters. The van der Waals surface area contributed by atoms with Gasteiger partial charge in [-0.2, -0.15) is 17.0 Å². The summed E-state index contributed by atoms with van der Waals surface area (Å²) in [6.45, 7) is 3.84. The molecule has 0 spiro atoms. The second-order valence-corrected chi connectivity index (χ2v) is 6.56. The largest absolute Gasteiger partial charge is 0.392 e. The molecule has 1 rings (SSSR count). The average molecular weight is 222 g/mol. The number of rotatable bonds is 2. The second kappa shape index (κ2) is 3.44. The molecule has 1 saturated heterocycles. The number of hydrogen-bond donors (Lipinski definition) is 1. The van der Waals surface area contributed by atoms with Crippen molar-refractivity contribution in [3.8, 4) is 0 Å². The van der Waals surface area contributed by atoms with E-state index in [4.69, 9.17) is 0 Å². The molecule has 0 amide bonds. The van der Waals surface area contributed by atoms with E-state index in [1.807, 2.05) is 13.8 Å². The molecular weight excluding hydrogens is 204 g/mol. The van der Waals surface area contributed by atoms with Crippen molar-refractivity contribution in [1.29, 1.82) is 0 Å². The second-order valence-electron chi connectivity index (χ2n) is 4.49. The molecule has 0 aromatic rings. The monoisotopic (exact) mass is 222 g/mol. The molecule has 1 aliphatic heterocycles. The van der Waals surface area contributed by atoms with Gasteiger partial charge in [-0.3, -0.25) is 0 Å². The van der Waals surface area contributed by atoms with E-state index in [-0.39, 0.29) is 6.54 Å². The van der Waals surface area contributed by atoms with Crippen LogP contribution in [0.25, 0.3) is 0 Å². The Bertz CT molecular complexity index is 311. The topological polar surface area (TPSA) is 60.9 Å². The van der Waals surface area contributed by atoms with Gasteiger partial charge in [-0.05, 0) is 20.3 Å². The molecule has 0 saturated carbocycles. The third-order valence-corrected chi connectivity index (χ3v) is 4.65. The molecule has 1 heterocycles. The van der Waals surface area contributed by atoms with E-state index in [0.717, 1.165) is 0 Å². The lowest BCUT2D eigenvalue weighted by atomic mass is 10.0. The SMILES string of the molecule is CN(C)S(=O)(=O)N1CC(O)CC1(C)C. The summed E-state index contributed by atoms with van der Waals surface area (Å²) in [4.78, 5) is 0. The van der Waals surface area contributed by atoms with E-state index in [2.05, 4.69) is 0 Å². The maximum absolute atomic E-state index is 11.8. The van der Waals surface area contributed by atoms with Crippen LogP contribution in [0.5, 0.6) is 0 Å². The number of hydrogen-bond acceptors (Lipinski definition) is 3. The molecule has 6 heteroatoms. The molecule has 1 fully saturated rings. The molecule has 1 atom stereocenters. The first kappa shape index (κ1) is 11.9. The van der Waals surface area contributed by atoms with Crippen LogP contribution in [0.15, 0.2) is 0 Å². The van der Waals surface area contributed by atoms with Crippen LogP contribution in [0.4, 0.5) is 0 Å². The fraction of sp³-hybridized carbons (Fsp3) is 1.00. The Morgan fingerprint density at radius 3 is 2.21 bits per heavy atom. The number of β-amino-alcohol motifs (C(OH)–C–C–N with tert-alkyl or cyclic N) is 1. The first-order valence-corrected chi connectivity index (χ1v) is 5.96. The van der Waals surface area contributed by atoms with Gasteiger partial charge >= 0.3 is 0 Å². The van der Waals surface area contributed by atoms with Crippen molar-refractivity contribution in [3.05, 3.63) is 0 Å². The maximum Gasteiger partial charge on any atom is 0.282 e. The fourth-order valence-corrected chi connectivity index (χ4v) is 3.24. The van der Waals surface area contributed by atoms with Gasteiger partial charge in [0, 0.05) is 26.2 Å². The zero-order valence-electron chi connectivity index (χ0n) is 9.06. The van der Waals surface area contributed by atoms with E-state index in [0.29, 0.717) is 6.42 Å². The van der Waals surface area contributed by atoms with Crippen molar-refractivity contribution in [2.45, 2.75) is 31.9 Å². The summed E-state index contributed by atoms with van der Waals surface area (Å²) in [6, 6.07) is 0. The predicted molar refractivity (Wildman–Crippen MR) is 54.0 cm³/mol. The maximum atomic E-state index is 11.8. The minimum absolute atomic E-state index is 0.188. The highest BCUT2D eigenvalue weighted by Gasteiger charge is 2.45. The number of aliphatic hydroxyl groups excluding tert-OH is 1. The third-order valence-electron chi connectivity index (χ3n) is 2.53. The van der Waals surface area contributed by atoms with Crippen LogP contribution in [0.1, 0.15) is 20.3 Å². The molecule has 0 aromatic heterocycles. The Morgan fingerprint density at radius 2 is 1.93 bits per heavy atom. The van der Waals surface area contributed by atoms with E-state index in [1.54, 1.807) is 0 Å². The van der Waals surface area contributed by atoms with Gasteiger partial charge in [-0.15, -0.1) is 0 Å². The quantitative estimate of drug-likeness (QED) is 0.694. The zero-order chi connectivity index (χ0) is 11.1. The number of aliphatic hydroxyl groups is 1. The Labute approximate surface area is 85.5 Å². The van der Waals surface area contributed by atoms with E-state index >= 15 is 0 Å². The van der Waals surface area contributed by atoms with Gasteiger partial charge in [0.25, 0.3) is 10.2 Å². The summed E-state index contributed by atoms with van der Waals surface area (Å²) in [6.07, 6.45) is -0.0696. The Morgan fingerprint density at radius 1 is 1.43 bits per heavy atom. The predicted octanol–water partition coefficient (Wildman–Crippen LogP) is -0.362. The van der Waals surface area contributed by atoms with E-state index in [9.17, 15) is 13.5 Å². The van der Waals surface area contributed by atoms with Crippen LogP contribution >= 0.6 is 0 Å². The molecule has 0 radical (unpaired) electrons. The number of nitrogens with zero attached hydrogens (tertiary/aromatic N) is 2. The van der Waals surface area contributed by atoms with E-state index in [1.165, 1.54) is 22.7 Å². The average Bonchev–Trinajstić information content (AvgIpc) is 2.24. The molecule has 0 aliphatic carbocycles. The minimum atomic E-state index is -3.41. The van der Waals surface area contributed by atoms with Crippen LogP contribution in [-0.2, 0) is 10.2 Å². The van der Waals surface area contributed by atoms with Crippen molar-refractivity contribution < 1.29 is 13.5 Å². The molecule has 84 valence electrons. The van der Waals surface area contributed by atoms with Gasteiger partial charge < -0.3 is 5.11 Å². The van der Waals surface area contributed by atoms with Crippen molar-refractivity contribution in [2.24, 2.45) is 0 Å². The highest BCUT2D eigenvalue weighted by Crippen LogP contribution is 2.31. The summed E-state index contributed by atoms with van der Waals surface area (Å²) in [5, 5.41) is 9.46. The first-order valence-electron chi connectivity index (χ1n) is 4.56. The summed E-state index contributed by atoms with van der Waals surface area (Å²) in [5.41, 5.74) is -0.498. The molecule has 0 bridgehead atoms. The van der Waals surface area contributed by atoms with Gasteiger partial charge in [-0.1, -0.05) is 0 Å². The standard InChI is InChI=1S/C8H18N2O3S/c1-8(2)5-7(11)6-10(8)14(12,13)9(3)4/h7,11H,5-6H2,1-4H3. The molecule has 0 aromatic carbocycles. The van der Waals surface area contributed by atoms with Gasteiger partial charge in [0.2, 0.25) is 0 Å². The van der Waals surface area contributed by atoms with E-state index < -0.39 is 21.9 Å². The lowest BCUT2D eigenvalue weighted by molar-refractivity contribution is 0.186. The van der Waals surface area contributed by atoms with Crippen LogP contribution in [-0.4, -0.2) is 54.4 Å². The van der Waals surface area contributed by atoms with Crippen LogP contribution in [0.3, 0.4) is 0 Å². The lowest BCUT2D eigenvalue weighted by Crippen LogP contribution is -2.47. The smallest absolute Gasteiger partial charge is 0.282 e. The Kier molecular flexibility index (Phi) is 2.93. The first-order chi connectivity index (χ1) is 6.18. The summed E-state index contributed by atoms with van der Waals surface area (Å²) >= 11 is 0. The van der Waals surface area contributed by atoms with Gasteiger partial charge in [0.1, 0.15) is 0 Å². The van der Waals surface area contributed by atoms with Crippen molar-refractivity contribution in [1.82, 2.24) is 8.61 Å². The molecule has 1 N–H and O–H groups in total. The van der Waals surface area contributed by atoms with Crippen LogP contribution in [0.2, 0.25) is 0 Å². The van der Waals surface area contributed by atoms with Crippen molar-refractivity contribution in [2.75, 3.05) is 20.6 Å². The van der Waals surface area contributed by atoms with Crippen LogP contribution < -0.4 is 0 Å². The lowest BCUT2D eigenvalue weighted by Gasteiger charge is -2.32. The third kappa shape index (κ3) is 1.93. The Hall–Kier alpha value is -0.170. The highest BCUT2D eigenvalue weighted by molar-refractivity contribution is 7.86. The molecular formula is C8H18N2O3S. The molecule has 14 heavy (non-hydrogen) atoms. The molecule has 5 nitrogen and oxygen atoms in total. The van der Waals surface area contributed by atoms with Crippen molar-refractivity contribution >= 4 is 10.2 Å². The Balaban J connectivity index is 3.00. The summed E-state index contributed by atoms with van der Waals surface area (Å²) in [7, 11) is -0.418.